The zero-order chi connectivity index (χ0) is 17.8. The van der Waals surface area contributed by atoms with E-state index in [1.54, 1.807) is 18.2 Å². The van der Waals surface area contributed by atoms with Crippen molar-refractivity contribution in [3.63, 3.8) is 0 Å². The summed E-state index contributed by atoms with van der Waals surface area (Å²) in [5.74, 6) is -0.793. The highest BCUT2D eigenvalue weighted by atomic mass is 16.6. The van der Waals surface area contributed by atoms with Gasteiger partial charge >= 0.3 is 5.88 Å². The first-order valence-electron chi connectivity index (χ1n) is 7.32. The monoisotopic (exact) mass is 335 g/mol. The van der Waals surface area contributed by atoms with Gasteiger partial charge in [-0.05, 0) is 29.3 Å². The van der Waals surface area contributed by atoms with Crippen LogP contribution >= 0.6 is 0 Å². The minimum atomic E-state index is -0.637. The van der Waals surface area contributed by atoms with Gasteiger partial charge in [0.05, 0.1) is 23.5 Å². The summed E-state index contributed by atoms with van der Waals surface area (Å²) in [6.07, 6.45) is 1.31. The van der Waals surface area contributed by atoms with E-state index in [1.165, 1.54) is 18.3 Å². The van der Waals surface area contributed by atoms with E-state index in [0.29, 0.717) is 5.69 Å². The number of carbonyl (C=O) groups excluding carboxylic acids is 1. The molecular weight excluding hydrogens is 322 g/mol. The van der Waals surface area contributed by atoms with Crippen molar-refractivity contribution in [2.75, 3.05) is 0 Å². The van der Waals surface area contributed by atoms with Gasteiger partial charge in [-0.2, -0.15) is 0 Å². The molecule has 124 valence electrons. The SMILES string of the molecule is NC(=O)c1ccc(-c2ccccc2)cc1N=Cc1ccc([N+](=O)[O-])o1. The van der Waals surface area contributed by atoms with Crippen LogP contribution in [0, 0.1) is 10.1 Å². The normalized spacial score (nSPS) is 10.9. The molecular formula is C18H13N3O4. The van der Waals surface area contributed by atoms with E-state index < -0.39 is 10.8 Å². The fraction of sp³-hybridized carbons (Fsp3) is 0. The Bertz CT molecular complexity index is 961. The molecule has 3 aromatic rings. The Morgan fingerprint density at radius 3 is 2.48 bits per heavy atom. The average Bonchev–Trinajstić information content (AvgIpc) is 3.09. The summed E-state index contributed by atoms with van der Waals surface area (Å²) in [6.45, 7) is 0. The van der Waals surface area contributed by atoms with Gasteiger partial charge in [-0.25, -0.2) is 0 Å². The molecule has 25 heavy (non-hydrogen) atoms. The van der Waals surface area contributed by atoms with Crippen LogP contribution in [0.2, 0.25) is 0 Å². The minimum Gasteiger partial charge on any atom is -0.400 e. The van der Waals surface area contributed by atoms with Crippen molar-refractivity contribution in [1.82, 2.24) is 0 Å². The number of hydrogen-bond donors (Lipinski definition) is 1. The summed E-state index contributed by atoms with van der Waals surface area (Å²) in [5.41, 5.74) is 7.82. The molecule has 0 fully saturated rings. The maximum Gasteiger partial charge on any atom is 0.433 e. The first kappa shape index (κ1) is 16.1. The van der Waals surface area contributed by atoms with Gasteiger partial charge < -0.3 is 10.2 Å². The number of nitrogens with zero attached hydrogens (tertiary/aromatic N) is 2. The Balaban J connectivity index is 1.98. The Kier molecular flexibility index (Phi) is 4.38. The number of benzene rings is 2. The molecule has 0 aliphatic rings. The highest BCUT2D eigenvalue weighted by Crippen LogP contribution is 2.27. The molecule has 0 saturated carbocycles. The highest BCUT2D eigenvalue weighted by molar-refractivity contribution is 5.99. The number of carbonyl (C=O) groups is 1. The van der Waals surface area contributed by atoms with Gasteiger partial charge in [-0.15, -0.1) is 0 Å². The lowest BCUT2D eigenvalue weighted by atomic mass is 10.0. The zero-order valence-corrected chi connectivity index (χ0v) is 13.0. The van der Waals surface area contributed by atoms with Gasteiger partial charge in [0.2, 0.25) is 0 Å². The van der Waals surface area contributed by atoms with E-state index in [0.717, 1.165) is 11.1 Å². The van der Waals surface area contributed by atoms with E-state index >= 15 is 0 Å². The van der Waals surface area contributed by atoms with Crippen molar-refractivity contribution in [2.24, 2.45) is 10.7 Å². The van der Waals surface area contributed by atoms with Gasteiger partial charge in [-0.1, -0.05) is 36.4 Å². The van der Waals surface area contributed by atoms with Crippen LogP contribution in [0.1, 0.15) is 16.1 Å². The summed E-state index contributed by atoms with van der Waals surface area (Å²) in [7, 11) is 0. The van der Waals surface area contributed by atoms with E-state index in [-0.39, 0.29) is 17.2 Å². The average molecular weight is 335 g/mol. The Morgan fingerprint density at radius 1 is 1.08 bits per heavy atom. The predicted octanol–water partition coefficient (Wildman–Crippen LogP) is 3.70. The van der Waals surface area contributed by atoms with Gasteiger partial charge in [0.25, 0.3) is 5.91 Å². The van der Waals surface area contributed by atoms with E-state index in [9.17, 15) is 14.9 Å². The van der Waals surface area contributed by atoms with Gasteiger partial charge in [-0.3, -0.25) is 19.9 Å². The molecule has 7 nitrogen and oxygen atoms in total. The predicted molar refractivity (Wildman–Crippen MR) is 93.0 cm³/mol. The summed E-state index contributed by atoms with van der Waals surface area (Å²) in [6, 6.07) is 17.3. The van der Waals surface area contributed by atoms with Crippen LogP contribution in [0.4, 0.5) is 11.6 Å². The van der Waals surface area contributed by atoms with Gasteiger partial charge in [0.15, 0.2) is 5.76 Å². The van der Waals surface area contributed by atoms with Crippen molar-refractivity contribution < 1.29 is 14.1 Å². The van der Waals surface area contributed by atoms with E-state index in [4.69, 9.17) is 10.2 Å². The molecule has 0 atom stereocenters. The van der Waals surface area contributed by atoms with Crippen molar-refractivity contribution in [3.05, 3.63) is 82.1 Å². The smallest absolute Gasteiger partial charge is 0.400 e. The molecule has 3 rings (SSSR count). The third-order valence-electron chi connectivity index (χ3n) is 3.49. The lowest BCUT2D eigenvalue weighted by molar-refractivity contribution is -0.402. The number of furan rings is 1. The molecule has 2 N–H and O–H groups in total. The number of aliphatic imine (C=N–C) groups is 1. The number of nitrogens with two attached hydrogens (primary N) is 1. The lowest BCUT2D eigenvalue weighted by Gasteiger charge is -2.06. The van der Waals surface area contributed by atoms with Crippen LogP contribution in [-0.2, 0) is 0 Å². The molecule has 0 radical (unpaired) electrons. The number of primary amides is 1. The van der Waals surface area contributed by atoms with E-state index in [2.05, 4.69) is 4.99 Å². The summed E-state index contributed by atoms with van der Waals surface area (Å²) in [5, 5.41) is 10.6. The maximum absolute atomic E-state index is 11.6. The second-order valence-corrected chi connectivity index (χ2v) is 5.15. The van der Waals surface area contributed by atoms with Crippen LogP contribution in [-0.4, -0.2) is 17.0 Å². The first-order valence-corrected chi connectivity index (χ1v) is 7.32. The topological polar surface area (TPSA) is 112 Å². The van der Waals surface area contributed by atoms with Gasteiger partial charge in [0, 0.05) is 0 Å². The number of nitro groups is 1. The zero-order valence-electron chi connectivity index (χ0n) is 13.0. The fourth-order valence-electron chi connectivity index (χ4n) is 2.30. The Morgan fingerprint density at radius 2 is 1.84 bits per heavy atom. The summed E-state index contributed by atoms with van der Waals surface area (Å²) < 4.78 is 5.02. The molecule has 2 aromatic carbocycles. The fourth-order valence-corrected chi connectivity index (χ4v) is 2.30. The second-order valence-electron chi connectivity index (χ2n) is 5.15. The van der Waals surface area contributed by atoms with Crippen LogP contribution in [0.25, 0.3) is 11.1 Å². The third kappa shape index (κ3) is 3.61. The van der Waals surface area contributed by atoms with Gasteiger partial charge in [0.1, 0.15) is 4.92 Å². The maximum atomic E-state index is 11.6. The highest BCUT2D eigenvalue weighted by Gasteiger charge is 2.12. The number of amides is 1. The quantitative estimate of drug-likeness (QED) is 0.435. The van der Waals surface area contributed by atoms with Crippen molar-refractivity contribution in [2.45, 2.75) is 0 Å². The summed E-state index contributed by atoms with van der Waals surface area (Å²) in [4.78, 5) is 25.8. The van der Waals surface area contributed by atoms with Crippen LogP contribution in [0.5, 0.6) is 0 Å². The standard InChI is InChI=1S/C18H13N3O4/c19-18(22)15-8-6-13(12-4-2-1-3-5-12)10-16(15)20-11-14-7-9-17(25-14)21(23)24/h1-11H,(H2,19,22). The van der Waals surface area contributed by atoms with Crippen molar-refractivity contribution in [3.8, 4) is 11.1 Å². The molecule has 0 spiro atoms. The van der Waals surface area contributed by atoms with Crippen LogP contribution < -0.4 is 5.73 Å². The molecule has 1 heterocycles. The molecule has 7 heteroatoms. The molecule has 0 aliphatic carbocycles. The number of rotatable bonds is 5. The summed E-state index contributed by atoms with van der Waals surface area (Å²) >= 11 is 0. The molecule has 0 bridgehead atoms. The molecule has 1 amide bonds. The number of hydrogen-bond acceptors (Lipinski definition) is 5. The van der Waals surface area contributed by atoms with Crippen molar-refractivity contribution in [1.29, 1.82) is 0 Å². The van der Waals surface area contributed by atoms with Crippen LogP contribution in [0.15, 0.2) is 70.1 Å². The van der Waals surface area contributed by atoms with Crippen molar-refractivity contribution >= 4 is 23.7 Å². The third-order valence-corrected chi connectivity index (χ3v) is 3.49. The Hall–Kier alpha value is -3.74. The Labute approximate surface area is 142 Å². The molecule has 1 aromatic heterocycles. The first-order chi connectivity index (χ1) is 12.0. The lowest BCUT2D eigenvalue weighted by Crippen LogP contribution is -2.11. The second kappa shape index (κ2) is 6.79. The molecule has 0 saturated heterocycles. The van der Waals surface area contributed by atoms with Crippen LogP contribution in [0.3, 0.4) is 0 Å². The van der Waals surface area contributed by atoms with E-state index in [1.807, 2.05) is 30.3 Å². The minimum absolute atomic E-state index is 0.201. The molecule has 0 unspecified atom stereocenters. The molecule has 0 aliphatic heterocycles. The largest absolute Gasteiger partial charge is 0.433 e.